The van der Waals surface area contributed by atoms with Gasteiger partial charge >= 0.3 is 7.60 Å². The van der Waals surface area contributed by atoms with Crippen molar-refractivity contribution in [3.63, 3.8) is 0 Å². The summed E-state index contributed by atoms with van der Waals surface area (Å²) in [6.45, 7) is 4.46. The number of rotatable bonds is 12. The van der Waals surface area contributed by atoms with E-state index in [4.69, 9.17) is 13.6 Å². The van der Waals surface area contributed by atoms with Crippen molar-refractivity contribution in [2.75, 3.05) is 25.5 Å². The lowest BCUT2D eigenvalue weighted by atomic mass is 10.2. The molecular weight excluding hydrogens is 382 g/mol. The first-order valence-corrected chi connectivity index (χ1v) is 12.8. The van der Waals surface area contributed by atoms with Crippen molar-refractivity contribution >= 4 is 20.3 Å². The summed E-state index contributed by atoms with van der Waals surface area (Å²) in [5.41, 5.74) is 0.961. The average Bonchev–Trinajstić information content (AvgIpc) is 2.68. The van der Waals surface area contributed by atoms with Crippen molar-refractivity contribution in [3.05, 3.63) is 66.2 Å². The Morgan fingerprint density at radius 3 is 1.85 bits per heavy atom. The molecule has 0 aliphatic heterocycles. The average molecular weight is 410 g/mol. The van der Waals surface area contributed by atoms with E-state index in [1.165, 1.54) is 0 Å². The van der Waals surface area contributed by atoms with E-state index in [-0.39, 0.29) is 18.9 Å². The summed E-state index contributed by atoms with van der Waals surface area (Å²) in [4.78, 5) is 0. The second-order valence-corrected chi connectivity index (χ2v) is 10.8. The van der Waals surface area contributed by atoms with Gasteiger partial charge in [-0.3, -0.25) is 9.13 Å². The lowest BCUT2D eigenvalue weighted by molar-refractivity contribution is 0.220. The third-order valence-corrected chi connectivity index (χ3v) is 8.67. The van der Waals surface area contributed by atoms with E-state index in [1.54, 1.807) is 13.8 Å². The summed E-state index contributed by atoms with van der Waals surface area (Å²) in [5.74, 6) is 0. The van der Waals surface area contributed by atoms with Crippen LogP contribution in [0, 0.1) is 0 Å². The van der Waals surface area contributed by atoms with Crippen molar-refractivity contribution in [1.82, 2.24) is 0 Å². The normalized spacial score (nSPS) is 14.0. The standard InChI is InChI=1S/C20H28O5P2/c1-3-23-27(22,24-4-2)17-11-16-26(21,20-14-9-6-10-15-20)25-18-19-12-7-5-8-13-19/h5-10,12-15H,3-4,11,16-18H2,1-2H3. The highest BCUT2D eigenvalue weighted by atomic mass is 31.2. The molecular formula is C20H28O5P2. The van der Waals surface area contributed by atoms with E-state index in [0.717, 1.165) is 5.56 Å². The van der Waals surface area contributed by atoms with Gasteiger partial charge in [-0.15, -0.1) is 0 Å². The van der Waals surface area contributed by atoms with E-state index in [1.807, 2.05) is 60.7 Å². The molecule has 148 valence electrons. The first-order valence-electron chi connectivity index (χ1n) is 9.22. The molecule has 0 amide bonds. The van der Waals surface area contributed by atoms with E-state index in [0.29, 0.717) is 24.9 Å². The highest BCUT2D eigenvalue weighted by Crippen LogP contribution is 2.52. The lowest BCUT2D eigenvalue weighted by Crippen LogP contribution is -2.12. The molecule has 2 rings (SSSR count). The molecule has 5 nitrogen and oxygen atoms in total. The monoisotopic (exact) mass is 410 g/mol. The van der Waals surface area contributed by atoms with Gasteiger partial charge in [-0.05, 0) is 38.0 Å². The van der Waals surface area contributed by atoms with Crippen molar-refractivity contribution in [2.45, 2.75) is 26.9 Å². The summed E-state index contributed by atoms with van der Waals surface area (Å²) >= 11 is 0. The van der Waals surface area contributed by atoms with E-state index >= 15 is 0 Å². The fraction of sp³-hybridized carbons (Fsp3) is 0.400. The molecule has 7 heteroatoms. The Morgan fingerprint density at radius 1 is 0.741 bits per heavy atom. The first-order chi connectivity index (χ1) is 13.0. The van der Waals surface area contributed by atoms with Crippen LogP contribution in [0.2, 0.25) is 0 Å². The molecule has 2 aromatic carbocycles. The molecule has 27 heavy (non-hydrogen) atoms. The van der Waals surface area contributed by atoms with Crippen molar-refractivity contribution in [3.8, 4) is 0 Å². The van der Waals surface area contributed by atoms with Crippen molar-refractivity contribution in [2.24, 2.45) is 0 Å². The Morgan fingerprint density at radius 2 is 1.30 bits per heavy atom. The predicted molar refractivity (Wildman–Crippen MR) is 110 cm³/mol. The molecule has 1 unspecified atom stereocenters. The zero-order valence-electron chi connectivity index (χ0n) is 16.0. The Bertz CT molecular complexity index is 754. The molecule has 0 aromatic heterocycles. The van der Waals surface area contributed by atoms with E-state index in [2.05, 4.69) is 0 Å². The first kappa shape index (κ1) is 22.1. The van der Waals surface area contributed by atoms with E-state index < -0.39 is 15.0 Å². The fourth-order valence-corrected chi connectivity index (χ4v) is 6.72. The second-order valence-electron chi connectivity index (χ2n) is 6.02. The van der Waals surface area contributed by atoms with Gasteiger partial charge in [-0.1, -0.05) is 48.5 Å². The summed E-state index contributed by atoms with van der Waals surface area (Å²) in [6, 6.07) is 18.9. The second kappa shape index (κ2) is 10.9. The zero-order valence-corrected chi connectivity index (χ0v) is 17.7. The summed E-state index contributed by atoms with van der Waals surface area (Å²) in [5, 5.41) is 0.670. The molecule has 0 aliphatic rings. The fourth-order valence-electron chi connectivity index (χ4n) is 2.71. The maximum atomic E-state index is 13.6. The van der Waals surface area contributed by atoms with Crippen LogP contribution in [0.4, 0.5) is 0 Å². The molecule has 0 aliphatic carbocycles. The SMILES string of the molecule is CCOP(=O)(CCCP(=O)(OCc1ccccc1)c1ccccc1)OCC. The predicted octanol–water partition coefficient (Wildman–Crippen LogP) is 5.46. The van der Waals surface area contributed by atoms with Gasteiger partial charge < -0.3 is 13.6 Å². The van der Waals surface area contributed by atoms with Crippen LogP contribution in [0.5, 0.6) is 0 Å². The van der Waals surface area contributed by atoms with Crippen LogP contribution < -0.4 is 5.30 Å². The third kappa shape index (κ3) is 7.03. The lowest BCUT2D eigenvalue weighted by Gasteiger charge is -2.21. The molecule has 0 spiro atoms. The van der Waals surface area contributed by atoms with Gasteiger partial charge in [0.05, 0.1) is 26.0 Å². The molecule has 0 saturated heterocycles. The molecule has 0 saturated carbocycles. The smallest absolute Gasteiger partial charge is 0.320 e. The van der Waals surface area contributed by atoms with Gasteiger partial charge in [0.25, 0.3) is 0 Å². The number of hydrogen-bond acceptors (Lipinski definition) is 5. The van der Waals surface area contributed by atoms with Crippen molar-refractivity contribution in [1.29, 1.82) is 0 Å². The minimum absolute atomic E-state index is 0.222. The molecule has 0 radical (unpaired) electrons. The van der Waals surface area contributed by atoms with Crippen LogP contribution in [0.15, 0.2) is 60.7 Å². The van der Waals surface area contributed by atoms with Gasteiger partial charge in [0.1, 0.15) is 0 Å². The largest absolute Gasteiger partial charge is 0.330 e. The van der Waals surface area contributed by atoms with Crippen molar-refractivity contribution < 1.29 is 22.7 Å². The van der Waals surface area contributed by atoms with Crippen LogP contribution in [-0.2, 0) is 29.3 Å². The summed E-state index contributed by atoms with van der Waals surface area (Å²) in [6.07, 6.45) is 0.937. The number of hydrogen-bond donors (Lipinski definition) is 0. The Balaban J connectivity index is 2.08. The highest BCUT2D eigenvalue weighted by molar-refractivity contribution is 7.67. The maximum absolute atomic E-state index is 13.6. The van der Waals surface area contributed by atoms with Crippen LogP contribution in [0.1, 0.15) is 25.8 Å². The molecule has 0 N–H and O–H groups in total. The minimum Gasteiger partial charge on any atom is -0.320 e. The summed E-state index contributed by atoms with van der Waals surface area (Å²) in [7, 11) is -6.24. The van der Waals surface area contributed by atoms with Gasteiger partial charge in [0.2, 0.25) is 7.37 Å². The van der Waals surface area contributed by atoms with Crippen LogP contribution in [0.3, 0.4) is 0 Å². The quantitative estimate of drug-likeness (QED) is 0.435. The van der Waals surface area contributed by atoms with Gasteiger partial charge in [-0.2, -0.15) is 0 Å². The van der Waals surface area contributed by atoms with E-state index in [9.17, 15) is 9.13 Å². The van der Waals surface area contributed by atoms with Gasteiger partial charge in [0.15, 0.2) is 0 Å². The van der Waals surface area contributed by atoms with Gasteiger partial charge in [0, 0.05) is 11.5 Å². The Hall–Kier alpha value is -1.22. The zero-order chi connectivity index (χ0) is 19.6. The molecule has 2 aromatic rings. The van der Waals surface area contributed by atoms with Crippen LogP contribution >= 0.6 is 15.0 Å². The maximum Gasteiger partial charge on any atom is 0.330 e. The van der Waals surface area contributed by atoms with Crippen LogP contribution in [0.25, 0.3) is 0 Å². The molecule has 1 atom stereocenters. The summed E-state index contributed by atoms with van der Waals surface area (Å²) < 4.78 is 42.8. The third-order valence-electron chi connectivity index (χ3n) is 3.97. The van der Waals surface area contributed by atoms with Gasteiger partial charge in [-0.25, -0.2) is 0 Å². The minimum atomic E-state index is -3.15. The Kier molecular flexibility index (Phi) is 8.95. The molecule has 0 fully saturated rings. The highest BCUT2D eigenvalue weighted by Gasteiger charge is 2.29. The molecule has 0 bridgehead atoms. The Labute approximate surface area is 162 Å². The molecule has 0 heterocycles. The van der Waals surface area contributed by atoms with Crippen LogP contribution in [-0.4, -0.2) is 25.5 Å². The topological polar surface area (TPSA) is 61.8 Å². The number of benzene rings is 2.